The van der Waals surface area contributed by atoms with Gasteiger partial charge < -0.3 is 10.5 Å². The van der Waals surface area contributed by atoms with Crippen LogP contribution in [0.3, 0.4) is 0 Å². The van der Waals surface area contributed by atoms with E-state index in [4.69, 9.17) is 10.5 Å². The molecule has 5 heteroatoms. The van der Waals surface area contributed by atoms with Crippen LogP contribution in [0.1, 0.15) is 38.8 Å². The van der Waals surface area contributed by atoms with Gasteiger partial charge in [-0.15, -0.1) is 0 Å². The summed E-state index contributed by atoms with van der Waals surface area (Å²) < 4.78 is 6.43. The molecule has 0 aliphatic carbocycles. The summed E-state index contributed by atoms with van der Waals surface area (Å²) in [6, 6.07) is 7.79. The number of anilines is 1. The molecule has 0 atom stereocenters. The van der Waals surface area contributed by atoms with E-state index in [0.717, 1.165) is 27.9 Å². The summed E-state index contributed by atoms with van der Waals surface area (Å²) >= 11 is 3.46. The first kappa shape index (κ1) is 15.8. The molecule has 0 spiro atoms. The Kier molecular flexibility index (Phi) is 5.17. The predicted molar refractivity (Wildman–Crippen MR) is 89.5 cm³/mol. The van der Waals surface area contributed by atoms with Gasteiger partial charge >= 0.3 is 0 Å². The molecule has 0 aliphatic heterocycles. The van der Waals surface area contributed by atoms with Crippen LogP contribution in [0.25, 0.3) is 11.4 Å². The second kappa shape index (κ2) is 6.89. The lowest BCUT2D eigenvalue weighted by atomic mass is 10.1. The number of aromatic nitrogens is 2. The summed E-state index contributed by atoms with van der Waals surface area (Å²) in [5, 5.41) is 0. The fourth-order valence-corrected chi connectivity index (χ4v) is 2.57. The average molecular weight is 350 g/mol. The van der Waals surface area contributed by atoms with Crippen LogP contribution >= 0.6 is 15.9 Å². The molecule has 1 aromatic carbocycles. The maximum atomic E-state index is 5.99. The van der Waals surface area contributed by atoms with Gasteiger partial charge in [-0.1, -0.05) is 32.9 Å². The number of nitrogens with two attached hydrogens (primary N) is 1. The second-order valence-electron chi connectivity index (χ2n) is 5.16. The summed E-state index contributed by atoms with van der Waals surface area (Å²) in [5.41, 5.74) is 7.81. The van der Waals surface area contributed by atoms with Crippen molar-refractivity contribution in [1.82, 2.24) is 9.97 Å². The molecule has 2 rings (SSSR count). The van der Waals surface area contributed by atoms with Gasteiger partial charge in [0.2, 0.25) is 0 Å². The van der Waals surface area contributed by atoms with Gasteiger partial charge in [-0.3, -0.25) is 0 Å². The molecule has 0 unspecified atom stereocenters. The smallest absolute Gasteiger partial charge is 0.161 e. The molecule has 4 nitrogen and oxygen atoms in total. The van der Waals surface area contributed by atoms with E-state index in [2.05, 4.69) is 46.7 Å². The van der Waals surface area contributed by atoms with Gasteiger partial charge in [0.1, 0.15) is 11.6 Å². The van der Waals surface area contributed by atoms with Crippen molar-refractivity contribution in [3.8, 4) is 17.1 Å². The van der Waals surface area contributed by atoms with Crippen LogP contribution in [0.2, 0.25) is 0 Å². The lowest BCUT2D eigenvalue weighted by Crippen LogP contribution is -2.04. The summed E-state index contributed by atoms with van der Waals surface area (Å²) in [4.78, 5) is 9.00. The monoisotopic (exact) mass is 349 g/mol. The lowest BCUT2D eigenvalue weighted by Gasteiger charge is -2.12. The number of ether oxygens (including phenoxy) is 1. The van der Waals surface area contributed by atoms with E-state index in [1.807, 2.05) is 24.3 Å². The Morgan fingerprint density at radius 1 is 1.29 bits per heavy atom. The lowest BCUT2D eigenvalue weighted by molar-refractivity contribution is 0.317. The van der Waals surface area contributed by atoms with Crippen LogP contribution < -0.4 is 10.5 Å². The van der Waals surface area contributed by atoms with Crippen molar-refractivity contribution < 1.29 is 4.74 Å². The molecule has 112 valence electrons. The third-order valence-corrected chi connectivity index (χ3v) is 3.83. The third-order valence-electron chi connectivity index (χ3n) is 3.01. The van der Waals surface area contributed by atoms with E-state index in [9.17, 15) is 0 Å². The number of hydrogen-bond acceptors (Lipinski definition) is 4. The minimum absolute atomic E-state index is 0.267. The van der Waals surface area contributed by atoms with Crippen LogP contribution in [0.5, 0.6) is 5.75 Å². The highest BCUT2D eigenvalue weighted by atomic mass is 79.9. The third kappa shape index (κ3) is 3.73. The highest BCUT2D eigenvalue weighted by Crippen LogP contribution is 2.30. The molecule has 0 fully saturated rings. The zero-order valence-electron chi connectivity index (χ0n) is 12.6. The van der Waals surface area contributed by atoms with Crippen molar-refractivity contribution in [2.24, 2.45) is 0 Å². The normalized spacial score (nSPS) is 10.9. The molecule has 0 amide bonds. The number of benzene rings is 1. The van der Waals surface area contributed by atoms with Crippen molar-refractivity contribution in [2.75, 3.05) is 12.3 Å². The van der Waals surface area contributed by atoms with E-state index in [1.54, 1.807) is 0 Å². The van der Waals surface area contributed by atoms with Crippen molar-refractivity contribution in [3.05, 3.63) is 34.4 Å². The minimum Gasteiger partial charge on any atom is -0.494 e. The summed E-state index contributed by atoms with van der Waals surface area (Å²) in [5.74, 6) is 2.18. The van der Waals surface area contributed by atoms with Gasteiger partial charge in [-0.05, 0) is 40.4 Å². The molecule has 1 aromatic heterocycles. The Morgan fingerprint density at radius 3 is 2.71 bits per heavy atom. The van der Waals surface area contributed by atoms with Crippen LogP contribution in [0.4, 0.5) is 5.82 Å². The van der Waals surface area contributed by atoms with Crippen LogP contribution in [0, 0.1) is 0 Å². The molecular formula is C16H20BrN3O. The topological polar surface area (TPSA) is 61.0 Å². The van der Waals surface area contributed by atoms with Crippen molar-refractivity contribution in [3.63, 3.8) is 0 Å². The van der Waals surface area contributed by atoms with Gasteiger partial charge in [0.25, 0.3) is 0 Å². The molecule has 2 aromatic rings. The Bertz CT molecular complexity index is 629. The van der Waals surface area contributed by atoms with Crippen LogP contribution in [-0.2, 0) is 0 Å². The largest absolute Gasteiger partial charge is 0.494 e. The summed E-state index contributed by atoms with van der Waals surface area (Å²) in [7, 11) is 0. The zero-order chi connectivity index (χ0) is 15.4. The number of nitrogen functional groups attached to an aromatic ring is 1. The maximum Gasteiger partial charge on any atom is 0.161 e. The number of halogens is 1. The molecular weight excluding hydrogens is 330 g/mol. The standard InChI is InChI=1S/C16H20BrN3O/c1-4-8-21-12-7-5-6-11(9-12)16-19-14(10(2)3)13(17)15(18)20-16/h5-7,9-10H,4,8H2,1-3H3,(H2,18,19,20). The summed E-state index contributed by atoms with van der Waals surface area (Å²) in [6.45, 7) is 6.94. The zero-order valence-corrected chi connectivity index (χ0v) is 14.1. The first-order valence-corrected chi connectivity index (χ1v) is 7.88. The van der Waals surface area contributed by atoms with Gasteiger partial charge in [-0.2, -0.15) is 0 Å². The SMILES string of the molecule is CCCOc1cccc(-c2nc(N)c(Br)c(C(C)C)n2)c1. The number of hydrogen-bond donors (Lipinski definition) is 1. The van der Waals surface area contributed by atoms with Gasteiger partial charge in [0, 0.05) is 5.56 Å². The predicted octanol–water partition coefficient (Wildman–Crippen LogP) is 4.40. The van der Waals surface area contributed by atoms with Crippen LogP contribution in [0.15, 0.2) is 28.7 Å². The summed E-state index contributed by atoms with van der Waals surface area (Å²) in [6.07, 6.45) is 0.976. The van der Waals surface area contributed by atoms with Crippen molar-refractivity contribution in [2.45, 2.75) is 33.1 Å². The molecule has 0 aliphatic rings. The van der Waals surface area contributed by atoms with Crippen LogP contribution in [-0.4, -0.2) is 16.6 Å². The van der Waals surface area contributed by atoms with E-state index >= 15 is 0 Å². The molecule has 0 radical (unpaired) electrons. The average Bonchev–Trinajstić information content (AvgIpc) is 2.47. The fraction of sp³-hybridized carbons (Fsp3) is 0.375. The van der Waals surface area contributed by atoms with E-state index in [0.29, 0.717) is 18.2 Å². The molecule has 21 heavy (non-hydrogen) atoms. The highest BCUT2D eigenvalue weighted by molar-refractivity contribution is 9.10. The first-order chi connectivity index (χ1) is 10.0. The minimum atomic E-state index is 0.267. The van der Waals surface area contributed by atoms with E-state index in [-0.39, 0.29) is 5.92 Å². The quantitative estimate of drug-likeness (QED) is 0.868. The highest BCUT2D eigenvalue weighted by Gasteiger charge is 2.14. The fourth-order valence-electron chi connectivity index (χ4n) is 1.94. The van der Waals surface area contributed by atoms with Crippen molar-refractivity contribution >= 4 is 21.7 Å². The molecule has 1 heterocycles. The molecule has 0 saturated heterocycles. The number of rotatable bonds is 5. The number of nitrogens with zero attached hydrogens (tertiary/aromatic N) is 2. The Morgan fingerprint density at radius 2 is 2.05 bits per heavy atom. The second-order valence-corrected chi connectivity index (χ2v) is 5.96. The first-order valence-electron chi connectivity index (χ1n) is 7.09. The Hall–Kier alpha value is -1.62. The van der Waals surface area contributed by atoms with Crippen molar-refractivity contribution in [1.29, 1.82) is 0 Å². The van der Waals surface area contributed by atoms with Gasteiger partial charge in [0.15, 0.2) is 5.82 Å². The molecule has 0 bridgehead atoms. The van der Waals surface area contributed by atoms with E-state index < -0.39 is 0 Å². The van der Waals surface area contributed by atoms with E-state index in [1.165, 1.54) is 0 Å². The van der Waals surface area contributed by atoms with Gasteiger partial charge in [0.05, 0.1) is 16.8 Å². The molecule has 0 saturated carbocycles. The van der Waals surface area contributed by atoms with Gasteiger partial charge in [-0.25, -0.2) is 9.97 Å². The maximum absolute atomic E-state index is 5.99. The molecule has 2 N–H and O–H groups in total. The Balaban J connectivity index is 2.42. The Labute approximate surface area is 133 Å².